The fourth-order valence-corrected chi connectivity index (χ4v) is 1.29. The Bertz CT molecular complexity index is 420. The molecule has 6 nitrogen and oxygen atoms in total. The summed E-state index contributed by atoms with van der Waals surface area (Å²) in [5.41, 5.74) is 0.243. The number of carboxylic acid groups (broad SMARTS) is 1. The van der Waals surface area contributed by atoms with Gasteiger partial charge in [0, 0.05) is 19.2 Å². The summed E-state index contributed by atoms with van der Waals surface area (Å²) in [6, 6.07) is 1.30. The fraction of sp³-hybridized carbons (Fsp3) is 0.364. The minimum Gasteiger partial charge on any atom is -0.506 e. The van der Waals surface area contributed by atoms with Crippen LogP contribution in [0.4, 0.5) is 0 Å². The van der Waals surface area contributed by atoms with Crippen molar-refractivity contribution in [3.05, 3.63) is 24.0 Å². The number of carbonyl (C=O) groups excluding carboxylic acids is 1. The summed E-state index contributed by atoms with van der Waals surface area (Å²) in [6.45, 7) is 2.00. The lowest BCUT2D eigenvalue weighted by molar-refractivity contribution is -0.137. The number of aliphatic carboxylic acids is 1. The van der Waals surface area contributed by atoms with E-state index >= 15 is 0 Å². The molecule has 0 bridgehead atoms. The molecule has 0 fully saturated rings. The molecule has 0 saturated carbocycles. The summed E-state index contributed by atoms with van der Waals surface area (Å²) in [7, 11) is 0. The van der Waals surface area contributed by atoms with Gasteiger partial charge in [-0.15, -0.1) is 0 Å². The third kappa shape index (κ3) is 4.50. The zero-order chi connectivity index (χ0) is 12.8. The second-order valence-corrected chi connectivity index (χ2v) is 3.84. The van der Waals surface area contributed by atoms with Crippen LogP contribution < -0.4 is 5.32 Å². The molecular weight excluding hydrogens is 224 g/mol. The van der Waals surface area contributed by atoms with E-state index in [4.69, 9.17) is 10.2 Å². The molecule has 1 heterocycles. The Kier molecular flexibility index (Phi) is 4.45. The third-order valence-electron chi connectivity index (χ3n) is 2.12. The molecule has 1 atom stereocenters. The van der Waals surface area contributed by atoms with Gasteiger partial charge in [-0.1, -0.05) is 6.92 Å². The molecule has 6 heteroatoms. The Morgan fingerprint density at radius 2 is 2.18 bits per heavy atom. The van der Waals surface area contributed by atoms with Crippen LogP contribution in [0, 0.1) is 5.92 Å². The normalized spacial score (nSPS) is 11.8. The second-order valence-electron chi connectivity index (χ2n) is 3.84. The van der Waals surface area contributed by atoms with Gasteiger partial charge in [0.1, 0.15) is 5.75 Å². The Labute approximate surface area is 98.3 Å². The number of aromatic nitrogens is 1. The van der Waals surface area contributed by atoms with Gasteiger partial charge in [-0.2, -0.15) is 0 Å². The molecule has 0 aromatic carbocycles. The van der Waals surface area contributed by atoms with Gasteiger partial charge in [-0.05, 0) is 12.0 Å². The van der Waals surface area contributed by atoms with E-state index in [0.29, 0.717) is 0 Å². The van der Waals surface area contributed by atoms with Crippen LogP contribution in [0.15, 0.2) is 18.5 Å². The van der Waals surface area contributed by atoms with Crippen LogP contribution in [-0.4, -0.2) is 33.6 Å². The lowest BCUT2D eigenvalue weighted by atomic mass is 10.1. The van der Waals surface area contributed by atoms with Crippen molar-refractivity contribution in [2.24, 2.45) is 5.92 Å². The third-order valence-corrected chi connectivity index (χ3v) is 2.12. The van der Waals surface area contributed by atoms with Gasteiger partial charge in [0.2, 0.25) is 0 Å². The number of carboxylic acids is 1. The molecule has 0 saturated heterocycles. The lowest BCUT2D eigenvalue weighted by Crippen LogP contribution is -2.29. The molecule has 0 aliphatic carbocycles. The molecule has 3 N–H and O–H groups in total. The molecule has 1 aromatic rings. The van der Waals surface area contributed by atoms with E-state index in [1.54, 1.807) is 6.92 Å². The van der Waals surface area contributed by atoms with Crippen molar-refractivity contribution in [3.63, 3.8) is 0 Å². The minimum absolute atomic E-state index is 0.00142. The first-order valence-electron chi connectivity index (χ1n) is 5.13. The molecule has 1 rings (SSSR count). The van der Waals surface area contributed by atoms with Crippen LogP contribution in [0.25, 0.3) is 0 Å². The highest BCUT2D eigenvalue weighted by Crippen LogP contribution is 2.08. The van der Waals surface area contributed by atoms with E-state index < -0.39 is 5.97 Å². The lowest BCUT2D eigenvalue weighted by Gasteiger charge is -2.10. The number of hydrogen-bond donors (Lipinski definition) is 3. The number of amides is 1. The van der Waals surface area contributed by atoms with Crippen molar-refractivity contribution >= 4 is 11.9 Å². The fourth-order valence-electron chi connectivity index (χ4n) is 1.29. The van der Waals surface area contributed by atoms with Gasteiger partial charge in [0.05, 0.1) is 11.8 Å². The number of rotatable bonds is 5. The summed E-state index contributed by atoms with van der Waals surface area (Å²) in [5, 5.41) is 20.3. The Morgan fingerprint density at radius 3 is 2.76 bits per heavy atom. The Balaban J connectivity index is 2.47. The summed E-state index contributed by atoms with van der Waals surface area (Å²) in [6.07, 6.45) is 2.55. The van der Waals surface area contributed by atoms with Gasteiger partial charge in [-0.3, -0.25) is 14.6 Å². The van der Waals surface area contributed by atoms with Crippen LogP contribution in [0.2, 0.25) is 0 Å². The molecule has 92 valence electrons. The van der Waals surface area contributed by atoms with Gasteiger partial charge >= 0.3 is 5.97 Å². The monoisotopic (exact) mass is 238 g/mol. The molecule has 0 spiro atoms. The van der Waals surface area contributed by atoms with Gasteiger partial charge in [0.15, 0.2) is 0 Å². The molecular formula is C11H14N2O4. The van der Waals surface area contributed by atoms with E-state index in [1.807, 2.05) is 0 Å². The van der Waals surface area contributed by atoms with Crippen LogP contribution in [0.1, 0.15) is 23.7 Å². The maximum absolute atomic E-state index is 11.6. The SMILES string of the molecule is CC(CNC(=O)c1cncc(O)c1)CC(=O)O. The molecule has 0 aliphatic rings. The van der Waals surface area contributed by atoms with Crippen LogP contribution in [0.5, 0.6) is 5.75 Å². The van der Waals surface area contributed by atoms with Crippen molar-refractivity contribution in [1.29, 1.82) is 0 Å². The van der Waals surface area contributed by atoms with Gasteiger partial charge in [0.25, 0.3) is 5.91 Å². The van der Waals surface area contributed by atoms with Crippen LogP contribution in [0.3, 0.4) is 0 Å². The first-order chi connectivity index (χ1) is 7.99. The number of pyridine rings is 1. The highest BCUT2D eigenvalue weighted by atomic mass is 16.4. The summed E-state index contributed by atoms with van der Waals surface area (Å²) >= 11 is 0. The zero-order valence-corrected chi connectivity index (χ0v) is 9.38. The number of nitrogens with zero attached hydrogens (tertiary/aromatic N) is 1. The van der Waals surface area contributed by atoms with Crippen molar-refractivity contribution in [2.45, 2.75) is 13.3 Å². The minimum atomic E-state index is -0.897. The average Bonchev–Trinajstić information content (AvgIpc) is 2.25. The van der Waals surface area contributed by atoms with E-state index in [9.17, 15) is 9.59 Å². The quantitative estimate of drug-likeness (QED) is 0.698. The predicted octanol–water partition coefficient (Wildman–Crippen LogP) is 0.628. The molecule has 1 aromatic heterocycles. The Hall–Kier alpha value is -2.11. The molecule has 1 unspecified atom stereocenters. The molecule has 0 aliphatic heterocycles. The van der Waals surface area contributed by atoms with Crippen LogP contribution in [-0.2, 0) is 4.79 Å². The largest absolute Gasteiger partial charge is 0.506 e. The van der Waals surface area contributed by atoms with Crippen molar-refractivity contribution in [1.82, 2.24) is 10.3 Å². The Morgan fingerprint density at radius 1 is 1.47 bits per heavy atom. The van der Waals surface area contributed by atoms with Crippen molar-refractivity contribution in [3.8, 4) is 5.75 Å². The maximum Gasteiger partial charge on any atom is 0.303 e. The standard InChI is InChI=1S/C11H14N2O4/c1-7(2-10(15)16)4-13-11(17)8-3-9(14)6-12-5-8/h3,5-7,14H,2,4H2,1H3,(H,13,17)(H,15,16). The van der Waals surface area contributed by atoms with Gasteiger partial charge < -0.3 is 15.5 Å². The maximum atomic E-state index is 11.6. The summed E-state index contributed by atoms with van der Waals surface area (Å²) in [4.78, 5) is 25.7. The number of hydrogen-bond acceptors (Lipinski definition) is 4. The topological polar surface area (TPSA) is 99.5 Å². The molecule has 0 radical (unpaired) electrons. The molecule has 17 heavy (non-hydrogen) atoms. The number of nitrogens with one attached hydrogen (secondary N) is 1. The van der Waals surface area contributed by atoms with E-state index in [1.165, 1.54) is 18.5 Å². The van der Waals surface area contributed by atoms with Crippen molar-refractivity contribution in [2.75, 3.05) is 6.54 Å². The smallest absolute Gasteiger partial charge is 0.303 e. The van der Waals surface area contributed by atoms with E-state index in [-0.39, 0.29) is 36.1 Å². The summed E-state index contributed by atoms with van der Waals surface area (Å²) < 4.78 is 0. The first-order valence-corrected chi connectivity index (χ1v) is 5.13. The highest BCUT2D eigenvalue weighted by molar-refractivity contribution is 5.94. The van der Waals surface area contributed by atoms with E-state index in [2.05, 4.69) is 10.3 Å². The molecule has 1 amide bonds. The summed E-state index contributed by atoms with van der Waals surface area (Å²) in [5.74, 6) is -1.52. The number of carbonyl (C=O) groups is 2. The van der Waals surface area contributed by atoms with Gasteiger partial charge in [-0.25, -0.2) is 0 Å². The zero-order valence-electron chi connectivity index (χ0n) is 9.38. The van der Waals surface area contributed by atoms with Crippen LogP contribution >= 0.6 is 0 Å². The predicted molar refractivity (Wildman–Crippen MR) is 59.7 cm³/mol. The first kappa shape index (κ1) is 13.0. The van der Waals surface area contributed by atoms with Crippen molar-refractivity contribution < 1.29 is 19.8 Å². The average molecular weight is 238 g/mol. The van der Waals surface area contributed by atoms with E-state index in [0.717, 1.165) is 0 Å². The highest BCUT2D eigenvalue weighted by Gasteiger charge is 2.11. The second kappa shape index (κ2) is 5.83. The number of aromatic hydroxyl groups is 1.